The number of benzene rings is 1. The average molecular weight is 348 g/mol. The highest BCUT2D eigenvalue weighted by Crippen LogP contribution is 2.40. The van der Waals surface area contributed by atoms with Crippen LogP contribution in [0.5, 0.6) is 5.75 Å². The van der Waals surface area contributed by atoms with Crippen LogP contribution in [0.4, 0.5) is 0 Å². The Balaban J connectivity index is 1.33. The molecule has 1 saturated carbocycles. The van der Waals surface area contributed by atoms with Crippen molar-refractivity contribution in [2.45, 2.75) is 18.9 Å². The molecular formula is C20H20N4O2. The molecule has 2 aliphatic rings. The summed E-state index contributed by atoms with van der Waals surface area (Å²) in [4.78, 5) is 19.1. The van der Waals surface area contributed by atoms with Crippen molar-refractivity contribution in [3.05, 3.63) is 54.5 Å². The van der Waals surface area contributed by atoms with Gasteiger partial charge in [0.25, 0.3) is 5.91 Å². The molecular weight excluding hydrogens is 328 g/mol. The van der Waals surface area contributed by atoms with Gasteiger partial charge in [0, 0.05) is 30.6 Å². The summed E-state index contributed by atoms with van der Waals surface area (Å²) in [6.45, 7) is 1.52. The summed E-state index contributed by atoms with van der Waals surface area (Å²) in [6, 6.07) is 11.6. The minimum absolute atomic E-state index is 0.0111. The number of hydrogen-bond donors (Lipinski definition) is 1. The lowest BCUT2D eigenvalue weighted by Crippen LogP contribution is -2.32. The average Bonchev–Trinajstić information content (AvgIpc) is 3.37. The van der Waals surface area contributed by atoms with Gasteiger partial charge in [-0.25, -0.2) is 0 Å². The summed E-state index contributed by atoms with van der Waals surface area (Å²) < 4.78 is 6.16. The van der Waals surface area contributed by atoms with E-state index in [2.05, 4.69) is 15.2 Å². The predicted molar refractivity (Wildman–Crippen MR) is 96.9 cm³/mol. The van der Waals surface area contributed by atoms with Gasteiger partial charge in [-0.3, -0.25) is 14.9 Å². The highest BCUT2D eigenvalue weighted by Gasteiger charge is 2.45. The highest BCUT2D eigenvalue weighted by molar-refractivity contribution is 6.04. The van der Waals surface area contributed by atoms with E-state index in [1.165, 1.54) is 0 Å². The second kappa shape index (κ2) is 6.12. The van der Waals surface area contributed by atoms with Crippen LogP contribution in [0.2, 0.25) is 0 Å². The lowest BCUT2D eigenvalue weighted by Gasteiger charge is -2.21. The van der Waals surface area contributed by atoms with Crippen LogP contribution in [0.15, 0.2) is 48.8 Å². The van der Waals surface area contributed by atoms with Crippen LogP contribution >= 0.6 is 0 Å². The number of carbonyl (C=O) groups is 1. The summed E-state index contributed by atoms with van der Waals surface area (Å²) in [5.41, 5.74) is 1.42. The second-order valence-corrected chi connectivity index (χ2v) is 7.17. The van der Waals surface area contributed by atoms with Crippen LogP contribution in [0.25, 0.3) is 10.9 Å². The van der Waals surface area contributed by atoms with Crippen LogP contribution in [0, 0.1) is 11.8 Å². The number of amides is 1. The van der Waals surface area contributed by atoms with Crippen molar-refractivity contribution in [1.29, 1.82) is 0 Å². The molecule has 6 heteroatoms. The zero-order chi connectivity index (χ0) is 17.5. The van der Waals surface area contributed by atoms with Gasteiger partial charge < -0.3 is 9.64 Å². The highest BCUT2D eigenvalue weighted by atomic mass is 16.5. The van der Waals surface area contributed by atoms with E-state index < -0.39 is 0 Å². The number of likely N-dealkylation sites (tertiary alicyclic amines) is 1. The topological polar surface area (TPSA) is 71.1 Å². The Kier molecular flexibility index (Phi) is 3.62. The number of hydrogen-bond acceptors (Lipinski definition) is 4. The molecule has 3 aromatic rings. The Bertz CT molecular complexity index is 939. The summed E-state index contributed by atoms with van der Waals surface area (Å²) in [5.74, 6) is 1.70. The number of aromatic amines is 1. The molecule has 5 rings (SSSR count). The Labute approximate surface area is 151 Å². The SMILES string of the molecule is O=C(c1n[nH]c2ccccc12)N1C[C@H]2CC[C@H](Oc3cccnc3)[C@H]2C1. The van der Waals surface area contributed by atoms with Gasteiger partial charge in [-0.15, -0.1) is 0 Å². The van der Waals surface area contributed by atoms with E-state index in [-0.39, 0.29) is 12.0 Å². The lowest BCUT2D eigenvalue weighted by molar-refractivity contribution is 0.0758. The number of nitrogens with one attached hydrogen (secondary N) is 1. The van der Waals surface area contributed by atoms with Crippen LogP contribution in [0.1, 0.15) is 23.3 Å². The Morgan fingerprint density at radius 3 is 2.96 bits per heavy atom. The molecule has 1 N–H and O–H groups in total. The smallest absolute Gasteiger partial charge is 0.275 e. The van der Waals surface area contributed by atoms with Crippen LogP contribution in [-0.4, -0.2) is 45.2 Å². The third kappa shape index (κ3) is 2.53. The predicted octanol–water partition coefficient (Wildman–Crippen LogP) is 2.89. The Morgan fingerprint density at radius 2 is 2.08 bits per heavy atom. The molecule has 3 atom stereocenters. The normalized spacial score (nSPS) is 24.8. The van der Waals surface area contributed by atoms with Gasteiger partial charge in [-0.2, -0.15) is 5.10 Å². The molecule has 1 aromatic carbocycles. The first-order chi connectivity index (χ1) is 12.8. The number of ether oxygens (including phenoxy) is 1. The Hall–Kier alpha value is -2.89. The van der Waals surface area contributed by atoms with Gasteiger partial charge >= 0.3 is 0 Å². The van der Waals surface area contributed by atoms with Gasteiger partial charge in [-0.05, 0) is 37.0 Å². The van der Waals surface area contributed by atoms with Crippen molar-refractivity contribution in [2.24, 2.45) is 11.8 Å². The fourth-order valence-electron chi connectivity index (χ4n) is 4.40. The van der Waals surface area contributed by atoms with Crippen LogP contribution in [-0.2, 0) is 0 Å². The molecule has 6 nitrogen and oxygen atoms in total. The molecule has 1 saturated heterocycles. The Morgan fingerprint density at radius 1 is 1.15 bits per heavy atom. The molecule has 2 aromatic heterocycles. The molecule has 1 amide bonds. The maximum absolute atomic E-state index is 13.0. The molecule has 26 heavy (non-hydrogen) atoms. The van der Waals surface area contributed by atoms with Crippen molar-refractivity contribution >= 4 is 16.8 Å². The quantitative estimate of drug-likeness (QED) is 0.790. The standard InChI is InChI=1S/C20H20N4O2/c25-20(19-15-5-1-2-6-17(15)22-23-19)24-11-13-7-8-18(16(13)12-24)26-14-4-3-9-21-10-14/h1-6,9-10,13,16,18H,7-8,11-12H2,(H,22,23)/t13-,16+,18+/m1/s1. The summed E-state index contributed by atoms with van der Waals surface area (Å²) in [5, 5.41) is 8.11. The maximum atomic E-state index is 13.0. The van der Waals surface area contributed by atoms with E-state index in [4.69, 9.17) is 4.74 Å². The van der Waals surface area contributed by atoms with Crippen molar-refractivity contribution in [2.75, 3.05) is 13.1 Å². The number of aromatic nitrogens is 3. The minimum Gasteiger partial charge on any atom is -0.488 e. The number of rotatable bonds is 3. The molecule has 3 heterocycles. The largest absolute Gasteiger partial charge is 0.488 e. The number of pyridine rings is 1. The second-order valence-electron chi connectivity index (χ2n) is 7.17. The third-order valence-corrected chi connectivity index (χ3v) is 5.67. The zero-order valence-electron chi connectivity index (χ0n) is 14.3. The number of carbonyl (C=O) groups excluding carboxylic acids is 1. The first-order valence-electron chi connectivity index (χ1n) is 9.08. The molecule has 0 bridgehead atoms. The fraction of sp³-hybridized carbons (Fsp3) is 0.350. The first-order valence-corrected chi connectivity index (χ1v) is 9.08. The van der Waals surface area contributed by atoms with E-state index in [0.717, 1.165) is 42.6 Å². The van der Waals surface area contributed by atoms with Gasteiger partial charge in [0.2, 0.25) is 0 Å². The molecule has 1 aliphatic carbocycles. The fourth-order valence-corrected chi connectivity index (χ4v) is 4.40. The third-order valence-electron chi connectivity index (χ3n) is 5.67. The molecule has 0 spiro atoms. The van der Waals surface area contributed by atoms with E-state index in [0.29, 0.717) is 17.5 Å². The first kappa shape index (κ1) is 15.4. The van der Waals surface area contributed by atoms with Crippen molar-refractivity contribution in [1.82, 2.24) is 20.1 Å². The van der Waals surface area contributed by atoms with Gasteiger partial charge in [-0.1, -0.05) is 18.2 Å². The van der Waals surface area contributed by atoms with Crippen molar-refractivity contribution < 1.29 is 9.53 Å². The van der Waals surface area contributed by atoms with Crippen LogP contribution < -0.4 is 4.74 Å². The van der Waals surface area contributed by atoms with E-state index >= 15 is 0 Å². The number of para-hydroxylation sites is 1. The maximum Gasteiger partial charge on any atom is 0.275 e. The van der Waals surface area contributed by atoms with Crippen molar-refractivity contribution in [3.63, 3.8) is 0 Å². The molecule has 2 fully saturated rings. The minimum atomic E-state index is 0.0111. The zero-order valence-corrected chi connectivity index (χ0v) is 14.3. The summed E-state index contributed by atoms with van der Waals surface area (Å²) in [6.07, 6.45) is 5.78. The monoisotopic (exact) mass is 348 g/mol. The van der Waals surface area contributed by atoms with E-state index in [9.17, 15) is 4.79 Å². The number of H-pyrrole nitrogens is 1. The lowest BCUT2D eigenvalue weighted by atomic mass is 9.99. The number of nitrogens with zero attached hydrogens (tertiary/aromatic N) is 3. The van der Waals surface area contributed by atoms with Gasteiger partial charge in [0.1, 0.15) is 11.9 Å². The molecule has 0 unspecified atom stereocenters. The number of fused-ring (bicyclic) bond motifs is 2. The summed E-state index contributed by atoms with van der Waals surface area (Å²) >= 11 is 0. The summed E-state index contributed by atoms with van der Waals surface area (Å²) in [7, 11) is 0. The van der Waals surface area contributed by atoms with E-state index in [1.54, 1.807) is 12.4 Å². The molecule has 0 radical (unpaired) electrons. The van der Waals surface area contributed by atoms with E-state index in [1.807, 2.05) is 41.3 Å². The van der Waals surface area contributed by atoms with Crippen LogP contribution in [0.3, 0.4) is 0 Å². The molecule has 1 aliphatic heterocycles. The van der Waals surface area contributed by atoms with Gasteiger partial charge in [0.15, 0.2) is 5.69 Å². The molecule has 132 valence electrons. The van der Waals surface area contributed by atoms with Gasteiger partial charge in [0.05, 0.1) is 11.7 Å². The van der Waals surface area contributed by atoms with Crippen molar-refractivity contribution in [3.8, 4) is 5.75 Å².